The highest BCUT2D eigenvalue weighted by Crippen LogP contribution is 2.12. The Morgan fingerprint density at radius 1 is 1.19 bits per heavy atom. The van der Waals surface area contributed by atoms with Gasteiger partial charge in [-0.3, -0.25) is 9.48 Å². The Hall–Kier alpha value is -3.46. The van der Waals surface area contributed by atoms with Gasteiger partial charge in [-0.15, -0.1) is 0 Å². The summed E-state index contributed by atoms with van der Waals surface area (Å²) in [5, 5.41) is 15.9. The summed E-state index contributed by atoms with van der Waals surface area (Å²) in [6, 6.07) is 15.3. The molecule has 3 aromatic rings. The van der Waals surface area contributed by atoms with Gasteiger partial charge in [-0.2, -0.15) is 10.4 Å². The largest absolute Gasteiger partial charge is 0.348 e. The number of nitriles is 1. The third-order valence-corrected chi connectivity index (χ3v) is 4.27. The molecule has 0 saturated heterocycles. The molecule has 27 heavy (non-hydrogen) atoms. The molecule has 0 unspecified atom stereocenters. The second-order valence-corrected chi connectivity index (χ2v) is 6.38. The molecule has 1 N–H and O–H groups in total. The molecule has 0 atom stereocenters. The van der Waals surface area contributed by atoms with Crippen molar-refractivity contribution in [3.63, 3.8) is 0 Å². The molecule has 3 rings (SSSR count). The fourth-order valence-electron chi connectivity index (χ4n) is 2.81. The van der Waals surface area contributed by atoms with Crippen molar-refractivity contribution in [1.82, 2.24) is 15.1 Å². The first-order chi connectivity index (χ1) is 13.0. The Labute approximate surface area is 157 Å². The minimum atomic E-state index is -0.505. The number of aromatic nitrogens is 2. The predicted molar refractivity (Wildman–Crippen MR) is 99.5 cm³/mol. The molecule has 2 aromatic carbocycles. The number of amides is 1. The average Bonchev–Trinajstić information content (AvgIpc) is 2.98. The number of carbonyl (C=O) groups excluding carboxylic acids is 1. The van der Waals surface area contributed by atoms with E-state index in [0.29, 0.717) is 17.7 Å². The van der Waals surface area contributed by atoms with Gasteiger partial charge in [-0.25, -0.2) is 4.39 Å². The standard InChI is InChI=1S/C21H19FN4O/c1-14-9-15(2)26(25-14)13-16-3-6-18(7-4-16)21(27)24-12-19-8-5-17(11-23)10-20(19)22/h3-10H,12-13H2,1-2H3,(H,24,27). The summed E-state index contributed by atoms with van der Waals surface area (Å²) in [6.07, 6.45) is 0. The number of nitrogens with one attached hydrogen (secondary N) is 1. The van der Waals surface area contributed by atoms with E-state index in [4.69, 9.17) is 5.26 Å². The summed E-state index contributed by atoms with van der Waals surface area (Å²) in [5.74, 6) is -0.786. The minimum Gasteiger partial charge on any atom is -0.348 e. The Morgan fingerprint density at radius 2 is 1.93 bits per heavy atom. The Bertz CT molecular complexity index is 1020. The molecule has 0 bridgehead atoms. The molecule has 0 spiro atoms. The first-order valence-corrected chi connectivity index (χ1v) is 8.53. The SMILES string of the molecule is Cc1cc(C)n(Cc2ccc(C(=O)NCc3ccc(C#N)cc3F)cc2)n1. The Kier molecular flexibility index (Phi) is 5.32. The van der Waals surface area contributed by atoms with Gasteiger partial charge in [0, 0.05) is 23.4 Å². The number of hydrogen-bond donors (Lipinski definition) is 1. The molecule has 5 nitrogen and oxygen atoms in total. The molecule has 0 aliphatic carbocycles. The van der Waals surface area contributed by atoms with Gasteiger partial charge in [0.15, 0.2) is 0 Å². The van der Waals surface area contributed by atoms with Crippen LogP contribution in [0.2, 0.25) is 0 Å². The lowest BCUT2D eigenvalue weighted by Crippen LogP contribution is -2.23. The molecule has 6 heteroatoms. The quantitative estimate of drug-likeness (QED) is 0.755. The smallest absolute Gasteiger partial charge is 0.251 e. The topological polar surface area (TPSA) is 70.7 Å². The third kappa shape index (κ3) is 4.39. The fraction of sp³-hybridized carbons (Fsp3) is 0.190. The van der Waals surface area contributed by atoms with Crippen LogP contribution in [-0.2, 0) is 13.1 Å². The van der Waals surface area contributed by atoms with Crippen molar-refractivity contribution in [1.29, 1.82) is 5.26 Å². The number of carbonyl (C=O) groups is 1. The number of hydrogen-bond acceptors (Lipinski definition) is 3. The van der Waals surface area contributed by atoms with Gasteiger partial charge in [0.25, 0.3) is 5.91 Å². The first kappa shape index (κ1) is 18.3. The number of rotatable bonds is 5. The van der Waals surface area contributed by atoms with E-state index < -0.39 is 5.82 Å². The lowest BCUT2D eigenvalue weighted by Gasteiger charge is -2.08. The third-order valence-electron chi connectivity index (χ3n) is 4.27. The van der Waals surface area contributed by atoms with Crippen molar-refractivity contribution in [2.24, 2.45) is 0 Å². The maximum absolute atomic E-state index is 13.9. The Morgan fingerprint density at radius 3 is 2.52 bits per heavy atom. The van der Waals surface area contributed by atoms with Crippen LogP contribution in [0.15, 0.2) is 48.5 Å². The molecule has 0 fully saturated rings. The average molecular weight is 362 g/mol. The van der Waals surface area contributed by atoms with E-state index in [0.717, 1.165) is 23.0 Å². The molecule has 136 valence electrons. The highest BCUT2D eigenvalue weighted by atomic mass is 19.1. The van der Waals surface area contributed by atoms with Crippen LogP contribution in [0.5, 0.6) is 0 Å². The van der Waals surface area contributed by atoms with Crippen LogP contribution in [0.1, 0.15) is 38.4 Å². The number of benzene rings is 2. The van der Waals surface area contributed by atoms with Gasteiger partial charge in [0.05, 0.1) is 23.9 Å². The van der Waals surface area contributed by atoms with Crippen molar-refractivity contribution < 1.29 is 9.18 Å². The molecule has 1 amide bonds. The summed E-state index contributed by atoms with van der Waals surface area (Å²) in [5.41, 5.74) is 4.18. The van der Waals surface area contributed by atoms with Crippen molar-refractivity contribution in [2.75, 3.05) is 0 Å². The Balaban J connectivity index is 1.62. The molecular formula is C21H19FN4O. The molecule has 0 radical (unpaired) electrons. The number of halogens is 1. The summed E-state index contributed by atoms with van der Waals surface area (Å²) >= 11 is 0. The molecule has 0 saturated carbocycles. The normalized spacial score (nSPS) is 10.4. The zero-order valence-electron chi connectivity index (χ0n) is 15.2. The van der Waals surface area contributed by atoms with Gasteiger partial charge < -0.3 is 5.32 Å². The first-order valence-electron chi connectivity index (χ1n) is 8.53. The second kappa shape index (κ2) is 7.83. The number of nitrogens with zero attached hydrogens (tertiary/aromatic N) is 3. The minimum absolute atomic E-state index is 0.0594. The summed E-state index contributed by atoms with van der Waals surface area (Å²) in [6.45, 7) is 4.65. The van der Waals surface area contributed by atoms with E-state index in [-0.39, 0.29) is 18.0 Å². The van der Waals surface area contributed by atoms with Gasteiger partial charge in [-0.05, 0) is 49.7 Å². The van der Waals surface area contributed by atoms with Gasteiger partial charge in [-0.1, -0.05) is 18.2 Å². The van der Waals surface area contributed by atoms with E-state index >= 15 is 0 Å². The van der Waals surface area contributed by atoms with Crippen LogP contribution in [0.4, 0.5) is 4.39 Å². The van der Waals surface area contributed by atoms with Gasteiger partial charge in [0.2, 0.25) is 0 Å². The van der Waals surface area contributed by atoms with Crippen LogP contribution in [-0.4, -0.2) is 15.7 Å². The van der Waals surface area contributed by atoms with E-state index in [1.165, 1.54) is 12.1 Å². The van der Waals surface area contributed by atoms with E-state index in [9.17, 15) is 9.18 Å². The van der Waals surface area contributed by atoms with E-state index in [2.05, 4.69) is 10.4 Å². The second-order valence-electron chi connectivity index (χ2n) is 6.38. The molecule has 1 aromatic heterocycles. The lowest BCUT2D eigenvalue weighted by molar-refractivity contribution is 0.0950. The molecule has 1 heterocycles. The zero-order chi connectivity index (χ0) is 19.4. The molecule has 0 aliphatic heterocycles. The molecule has 0 aliphatic rings. The summed E-state index contributed by atoms with van der Waals surface area (Å²) in [4.78, 5) is 12.3. The van der Waals surface area contributed by atoms with Crippen LogP contribution in [0.3, 0.4) is 0 Å². The monoisotopic (exact) mass is 362 g/mol. The fourth-order valence-corrected chi connectivity index (χ4v) is 2.81. The van der Waals surface area contributed by atoms with Crippen molar-refractivity contribution in [3.8, 4) is 6.07 Å². The van der Waals surface area contributed by atoms with Crippen molar-refractivity contribution in [2.45, 2.75) is 26.9 Å². The lowest BCUT2D eigenvalue weighted by atomic mass is 10.1. The highest BCUT2D eigenvalue weighted by Gasteiger charge is 2.09. The highest BCUT2D eigenvalue weighted by molar-refractivity contribution is 5.94. The van der Waals surface area contributed by atoms with Crippen LogP contribution in [0.25, 0.3) is 0 Å². The number of aryl methyl sites for hydroxylation is 2. The van der Waals surface area contributed by atoms with E-state index in [1.807, 2.05) is 42.8 Å². The summed E-state index contributed by atoms with van der Waals surface area (Å²) < 4.78 is 15.8. The maximum Gasteiger partial charge on any atom is 0.251 e. The van der Waals surface area contributed by atoms with Crippen LogP contribution < -0.4 is 5.32 Å². The van der Waals surface area contributed by atoms with Crippen molar-refractivity contribution in [3.05, 3.63) is 88.0 Å². The van der Waals surface area contributed by atoms with Crippen LogP contribution in [0, 0.1) is 31.0 Å². The molecular weight excluding hydrogens is 343 g/mol. The van der Waals surface area contributed by atoms with Crippen LogP contribution >= 0.6 is 0 Å². The predicted octanol–water partition coefficient (Wildman–Crippen LogP) is 3.49. The van der Waals surface area contributed by atoms with Crippen molar-refractivity contribution >= 4 is 5.91 Å². The zero-order valence-corrected chi connectivity index (χ0v) is 15.2. The van der Waals surface area contributed by atoms with E-state index in [1.54, 1.807) is 12.1 Å². The maximum atomic E-state index is 13.9. The van der Waals surface area contributed by atoms with Gasteiger partial charge in [0.1, 0.15) is 5.82 Å². The summed E-state index contributed by atoms with van der Waals surface area (Å²) in [7, 11) is 0. The van der Waals surface area contributed by atoms with Gasteiger partial charge >= 0.3 is 0 Å².